The quantitative estimate of drug-likeness (QED) is 0.175. The summed E-state index contributed by atoms with van der Waals surface area (Å²) >= 11 is 0. The van der Waals surface area contributed by atoms with Gasteiger partial charge in [-0.15, -0.1) is 0 Å². The molecule has 0 saturated heterocycles. The first-order chi connectivity index (χ1) is 16.7. The van der Waals surface area contributed by atoms with E-state index in [0.717, 1.165) is 0 Å². The van der Waals surface area contributed by atoms with Gasteiger partial charge in [0.2, 0.25) is 0 Å². The van der Waals surface area contributed by atoms with Crippen LogP contribution in [-0.2, 0) is 38.0 Å². The van der Waals surface area contributed by atoms with E-state index in [4.69, 9.17) is 13.6 Å². The Morgan fingerprint density at radius 3 is 1.06 bits per heavy atom. The van der Waals surface area contributed by atoms with Crippen molar-refractivity contribution in [1.82, 2.24) is 0 Å². The summed E-state index contributed by atoms with van der Waals surface area (Å²) in [6.45, 7) is -1.66. The lowest BCUT2D eigenvalue weighted by Gasteiger charge is -2.18. The summed E-state index contributed by atoms with van der Waals surface area (Å²) in [6.07, 6.45) is 0. The third-order valence-corrected chi connectivity index (χ3v) is 6.04. The molecule has 0 spiro atoms. The molecule has 0 unspecified atom stereocenters. The molecule has 182 valence electrons. The van der Waals surface area contributed by atoms with E-state index in [2.05, 4.69) is 0 Å². The topological polar surface area (TPSA) is 174 Å². The van der Waals surface area contributed by atoms with Gasteiger partial charge in [0.1, 0.15) is 0 Å². The summed E-state index contributed by atoms with van der Waals surface area (Å²) in [5.74, 6) is 0. The van der Waals surface area contributed by atoms with Crippen LogP contribution in [0.25, 0.3) is 0 Å². The van der Waals surface area contributed by atoms with Gasteiger partial charge in [0.15, 0.2) is 0 Å². The smallest absolute Gasteiger partial charge is 0.282 e. The Morgan fingerprint density at radius 1 is 0.543 bits per heavy atom. The normalized spacial score (nSPS) is 11.2. The van der Waals surface area contributed by atoms with Crippen LogP contribution in [0.15, 0.2) is 72.8 Å². The standard InChI is InChI=1S/C21H18N3O10P/c25-22(26)19-10-4-1-7-16(19)13-32-35(31,33-14-17-8-2-5-11-20(17)23(27)28)34-15-18-9-3-6-12-21(18)24(29)30/h1-12H,13-15H2. The number of benzene rings is 3. The monoisotopic (exact) mass is 503 g/mol. The maximum atomic E-state index is 13.4. The fourth-order valence-electron chi connectivity index (χ4n) is 2.99. The van der Waals surface area contributed by atoms with Gasteiger partial charge in [-0.1, -0.05) is 36.4 Å². The van der Waals surface area contributed by atoms with Crippen molar-refractivity contribution in [3.63, 3.8) is 0 Å². The molecule has 0 aromatic heterocycles. The second-order valence-corrected chi connectivity index (χ2v) is 8.59. The lowest BCUT2D eigenvalue weighted by Crippen LogP contribution is -2.05. The Kier molecular flexibility index (Phi) is 8.34. The van der Waals surface area contributed by atoms with Crippen molar-refractivity contribution in [3.05, 3.63) is 120 Å². The van der Waals surface area contributed by atoms with Crippen molar-refractivity contribution in [2.45, 2.75) is 19.8 Å². The second kappa shape index (κ2) is 11.4. The maximum absolute atomic E-state index is 13.4. The highest BCUT2D eigenvalue weighted by molar-refractivity contribution is 7.48. The summed E-state index contributed by atoms with van der Waals surface area (Å²) in [4.78, 5) is 31.8. The fraction of sp³-hybridized carbons (Fsp3) is 0.143. The van der Waals surface area contributed by atoms with Gasteiger partial charge in [0, 0.05) is 18.2 Å². The van der Waals surface area contributed by atoms with Crippen LogP contribution in [0.1, 0.15) is 16.7 Å². The van der Waals surface area contributed by atoms with Gasteiger partial charge < -0.3 is 0 Å². The number of para-hydroxylation sites is 3. The zero-order valence-corrected chi connectivity index (χ0v) is 18.8. The van der Waals surface area contributed by atoms with Gasteiger partial charge in [-0.25, -0.2) is 4.57 Å². The molecule has 0 atom stereocenters. The average molecular weight is 503 g/mol. The molecular weight excluding hydrogens is 485 g/mol. The van der Waals surface area contributed by atoms with E-state index >= 15 is 0 Å². The molecule has 13 nitrogen and oxygen atoms in total. The van der Waals surface area contributed by atoms with Gasteiger partial charge in [-0.2, -0.15) is 0 Å². The molecule has 0 radical (unpaired) electrons. The minimum absolute atomic E-state index is 0.0707. The fourth-order valence-corrected chi connectivity index (χ4v) is 4.11. The lowest BCUT2D eigenvalue weighted by atomic mass is 10.2. The predicted octanol–water partition coefficient (Wildman–Crippen LogP) is 5.47. The number of nitro groups is 3. The largest absolute Gasteiger partial charge is 0.475 e. The Hall–Kier alpha value is -4.03. The Labute approximate surface area is 197 Å². The molecular formula is C21H18N3O10P. The highest BCUT2D eigenvalue weighted by Crippen LogP contribution is 2.52. The molecule has 0 aliphatic heterocycles. The van der Waals surface area contributed by atoms with E-state index in [9.17, 15) is 34.9 Å². The van der Waals surface area contributed by atoms with Crippen molar-refractivity contribution < 1.29 is 32.9 Å². The van der Waals surface area contributed by atoms with E-state index in [0.29, 0.717) is 0 Å². The molecule has 0 fully saturated rings. The summed E-state index contributed by atoms with van der Waals surface area (Å²) in [5.41, 5.74) is -0.673. The highest BCUT2D eigenvalue weighted by atomic mass is 31.2. The number of nitro benzene ring substituents is 3. The van der Waals surface area contributed by atoms with Crippen LogP contribution in [0.2, 0.25) is 0 Å². The van der Waals surface area contributed by atoms with Crippen molar-refractivity contribution in [2.75, 3.05) is 0 Å². The number of rotatable bonds is 12. The molecule has 0 saturated carbocycles. The number of nitrogens with zero attached hydrogens (tertiary/aromatic N) is 3. The van der Waals surface area contributed by atoms with E-state index in [1.54, 1.807) is 0 Å². The van der Waals surface area contributed by atoms with Gasteiger partial charge in [-0.05, 0) is 18.2 Å². The molecule has 0 bridgehead atoms. The molecule has 3 rings (SSSR count). The third kappa shape index (κ3) is 6.74. The SMILES string of the molecule is O=[N+]([O-])c1ccccc1COP(=O)(OCc1ccccc1[N+](=O)[O-])OCc1ccccc1[N+](=O)[O-]. The first-order valence-electron chi connectivity index (χ1n) is 9.91. The van der Waals surface area contributed by atoms with E-state index in [1.807, 2.05) is 0 Å². The lowest BCUT2D eigenvalue weighted by molar-refractivity contribution is -0.385. The van der Waals surface area contributed by atoms with Crippen molar-refractivity contribution in [2.24, 2.45) is 0 Å². The second-order valence-electron chi connectivity index (χ2n) is 6.92. The zero-order chi connectivity index (χ0) is 25.4. The molecule has 0 amide bonds. The number of hydrogen-bond acceptors (Lipinski definition) is 10. The highest BCUT2D eigenvalue weighted by Gasteiger charge is 2.31. The third-order valence-electron chi connectivity index (χ3n) is 4.70. The predicted molar refractivity (Wildman–Crippen MR) is 121 cm³/mol. The zero-order valence-electron chi connectivity index (χ0n) is 17.9. The Bertz CT molecular complexity index is 1140. The summed E-state index contributed by atoms with van der Waals surface area (Å²) in [6, 6.07) is 16.7. The number of phosphoric ester groups is 1. The van der Waals surface area contributed by atoms with Crippen molar-refractivity contribution in [1.29, 1.82) is 0 Å². The molecule has 35 heavy (non-hydrogen) atoms. The van der Waals surface area contributed by atoms with Crippen LogP contribution < -0.4 is 0 Å². The van der Waals surface area contributed by atoms with E-state index < -0.39 is 42.4 Å². The summed E-state index contributed by atoms with van der Waals surface area (Å²) < 4.78 is 29.4. The van der Waals surface area contributed by atoms with Crippen LogP contribution >= 0.6 is 7.82 Å². The molecule has 0 heterocycles. The first-order valence-corrected chi connectivity index (χ1v) is 11.4. The molecule has 14 heteroatoms. The molecule has 3 aromatic rings. The average Bonchev–Trinajstić information content (AvgIpc) is 2.85. The minimum atomic E-state index is -4.53. The molecule has 0 N–H and O–H groups in total. The van der Waals surface area contributed by atoms with Crippen LogP contribution in [0.5, 0.6) is 0 Å². The summed E-state index contributed by atoms with van der Waals surface area (Å²) in [7, 11) is -4.53. The van der Waals surface area contributed by atoms with Crippen molar-refractivity contribution in [3.8, 4) is 0 Å². The number of phosphoric acid groups is 1. The van der Waals surface area contributed by atoms with Crippen LogP contribution in [0.4, 0.5) is 17.1 Å². The molecule has 3 aromatic carbocycles. The Balaban J connectivity index is 1.85. The van der Waals surface area contributed by atoms with E-state index in [1.165, 1.54) is 72.8 Å². The van der Waals surface area contributed by atoms with Gasteiger partial charge in [-0.3, -0.25) is 43.9 Å². The number of hydrogen-bond donors (Lipinski definition) is 0. The van der Waals surface area contributed by atoms with Crippen LogP contribution in [-0.4, -0.2) is 14.8 Å². The molecule has 0 aliphatic carbocycles. The van der Waals surface area contributed by atoms with Crippen molar-refractivity contribution >= 4 is 24.9 Å². The van der Waals surface area contributed by atoms with E-state index in [-0.39, 0.29) is 33.8 Å². The van der Waals surface area contributed by atoms with Crippen LogP contribution in [0.3, 0.4) is 0 Å². The van der Waals surface area contributed by atoms with Gasteiger partial charge in [0.05, 0.1) is 51.3 Å². The summed E-state index contributed by atoms with van der Waals surface area (Å²) in [5, 5.41) is 33.8. The maximum Gasteiger partial charge on any atom is 0.475 e. The van der Waals surface area contributed by atoms with Crippen LogP contribution in [0, 0.1) is 30.3 Å². The van der Waals surface area contributed by atoms with Gasteiger partial charge >= 0.3 is 7.82 Å². The molecule has 0 aliphatic rings. The first kappa shape index (κ1) is 25.6. The Morgan fingerprint density at radius 2 is 0.800 bits per heavy atom. The van der Waals surface area contributed by atoms with Gasteiger partial charge in [0.25, 0.3) is 17.1 Å². The minimum Gasteiger partial charge on any atom is -0.282 e.